The molecule has 0 spiro atoms. The molecule has 100 valence electrons. The van der Waals surface area contributed by atoms with Crippen LogP contribution in [0.15, 0.2) is 6.07 Å². The SMILES string of the molecule is COc1cc(C(=O)N2CCC(Br)C(C)C2)nn1C. The fraction of sp³-hybridized carbons (Fsp3) is 0.667. The van der Waals surface area contributed by atoms with Crippen molar-refractivity contribution in [2.24, 2.45) is 13.0 Å². The second kappa shape index (κ2) is 5.30. The number of nitrogens with zero attached hydrogens (tertiary/aromatic N) is 3. The number of methoxy groups -OCH3 is 1. The van der Waals surface area contributed by atoms with Gasteiger partial charge < -0.3 is 9.64 Å². The van der Waals surface area contributed by atoms with Crippen molar-refractivity contribution in [3.8, 4) is 5.88 Å². The molecule has 2 rings (SSSR count). The standard InChI is InChI=1S/C12H18BrN3O2/c1-8-7-16(5-4-9(8)13)12(17)10-6-11(18-3)15(2)14-10/h6,8-9H,4-5,7H2,1-3H3. The molecular weight excluding hydrogens is 298 g/mol. The summed E-state index contributed by atoms with van der Waals surface area (Å²) in [6, 6.07) is 1.69. The lowest BCUT2D eigenvalue weighted by molar-refractivity contribution is 0.0683. The minimum Gasteiger partial charge on any atom is -0.481 e. The number of ether oxygens (including phenoxy) is 1. The summed E-state index contributed by atoms with van der Waals surface area (Å²) in [5.41, 5.74) is 0.453. The first kappa shape index (κ1) is 13.4. The van der Waals surface area contributed by atoms with Gasteiger partial charge in [-0.25, -0.2) is 4.68 Å². The van der Waals surface area contributed by atoms with E-state index in [4.69, 9.17) is 4.74 Å². The van der Waals surface area contributed by atoms with E-state index in [0.29, 0.717) is 22.3 Å². The number of amides is 1. The van der Waals surface area contributed by atoms with E-state index in [-0.39, 0.29) is 5.91 Å². The Labute approximate surface area is 115 Å². The molecule has 1 aromatic heterocycles. The lowest BCUT2D eigenvalue weighted by atomic mass is 10.00. The number of hydrogen-bond donors (Lipinski definition) is 0. The van der Waals surface area contributed by atoms with Crippen LogP contribution >= 0.6 is 15.9 Å². The minimum atomic E-state index is -0.0137. The summed E-state index contributed by atoms with van der Waals surface area (Å²) in [7, 11) is 3.34. The molecular formula is C12H18BrN3O2. The van der Waals surface area contributed by atoms with Crippen LogP contribution in [0, 0.1) is 5.92 Å². The number of halogens is 1. The van der Waals surface area contributed by atoms with Gasteiger partial charge in [0.2, 0.25) is 5.88 Å². The number of carbonyl (C=O) groups is 1. The largest absolute Gasteiger partial charge is 0.481 e. The Morgan fingerprint density at radius 3 is 2.89 bits per heavy atom. The Kier molecular flexibility index (Phi) is 3.94. The third-order valence-electron chi connectivity index (χ3n) is 3.35. The lowest BCUT2D eigenvalue weighted by Gasteiger charge is -2.33. The van der Waals surface area contributed by atoms with E-state index in [1.807, 2.05) is 4.90 Å². The number of aromatic nitrogens is 2. The van der Waals surface area contributed by atoms with Crippen LogP contribution in [-0.2, 0) is 7.05 Å². The molecule has 0 radical (unpaired) electrons. The molecule has 1 aromatic rings. The van der Waals surface area contributed by atoms with Crippen LogP contribution < -0.4 is 4.74 Å². The Morgan fingerprint density at radius 2 is 2.33 bits per heavy atom. The number of likely N-dealkylation sites (tertiary alicyclic amines) is 1. The number of rotatable bonds is 2. The van der Waals surface area contributed by atoms with Gasteiger partial charge in [0.1, 0.15) is 0 Å². The summed E-state index contributed by atoms with van der Waals surface area (Å²) < 4.78 is 6.70. The topological polar surface area (TPSA) is 47.4 Å². The zero-order valence-corrected chi connectivity index (χ0v) is 12.5. The van der Waals surface area contributed by atoms with Crippen LogP contribution in [0.5, 0.6) is 5.88 Å². The van der Waals surface area contributed by atoms with Crippen LogP contribution in [0.2, 0.25) is 0 Å². The monoisotopic (exact) mass is 315 g/mol. The molecule has 6 heteroatoms. The Balaban J connectivity index is 2.11. The number of aryl methyl sites for hydroxylation is 1. The summed E-state index contributed by atoms with van der Waals surface area (Å²) in [6.07, 6.45) is 0.983. The highest BCUT2D eigenvalue weighted by Crippen LogP contribution is 2.24. The van der Waals surface area contributed by atoms with Crippen molar-refractivity contribution in [3.63, 3.8) is 0 Å². The average molecular weight is 316 g/mol. The molecule has 1 fully saturated rings. The van der Waals surface area contributed by atoms with Gasteiger partial charge in [0.15, 0.2) is 5.69 Å². The van der Waals surface area contributed by atoms with Crippen molar-refractivity contribution in [2.45, 2.75) is 18.2 Å². The molecule has 0 saturated carbocycles. The van der Waals surface area contributed by atoms with Gasteiger partial charge in [-0.3, -0.25) is 4.79 Å². The summed E-state index contributed by atoms with van der Waals surface area (Å²) in [4.78, 5) is 14.7. The summed E-state index contributed by atoms with van der Waals surface area (Å²) in [6.45, 7) is 3.70. The highest BCUT2D eigenvalue weighted by molar-refractivity contribution is 9.09. The molecule has 18 heavy (non-hydrogen) atoms. The fourth-order valence-corrected chi connectivity index (χ4v) is 2.58. The maximum Gasteiger partial charge on any atom is 0.274 e. The van der Waals surface area contributed by atoms with Crippen LogP contribution in [-0.4, -0.2) is 45.6 Å². The highest BCUT2D eigenvalue weighted by Gasteiger charge is 2.28. The van der Waals surface area contributed by atoms with E-state index in [9.17, 15) is 4.79 Å². The first-order valence-electron chi connectivity index (χ1n) is 6.04. The molecule has 1 aliphatic heterocycles. The molecule has 1 saturated heterocycles. The summed E-state index contributed by atoms with van der Waals surface area (Å²) >= 11 is 3.64. The van der Waals surface area contributed by atoms with Gasteiger partial charge in [-0.1, -0.05) is 22.9 Å². The predicted molar refractivity (Wildman–Crippen MR) is 72.2 cm³/mol. The summed E-state index contributed by atoms with van der Waals surface area (Å²) in [5.74, 6) is 1.05. The van der Waals surface area contributed by atoms with Crippen LogP contribution in [0.4, 0.5) is 0 Å². The fourth-order valence-electron chi connectivity index (χ4n) is 2.21. The van der Waals surface area contributed by atoms with Crippen molar-refractivity contribution in [1.82, 2.24) is 14.7 Å². The highest BCUT2D eigenvalue weighted by atomic mass is 79.9. The predicted octanol–water partition coefficient (Wildman–Crippen LogP) is 1.67. The number of hydrogen-bond acceptors (Lipinski definition) is 3. The van der Waals surface area contributed by atoms with Crippen LogP contribution in [0.3, 0.4) is 0 Å². The molecule has 0 aliphatic carbocycles. The van der Waals surface area contributed by atoms with E-state index in [0.717, 1.165) is 19.5 Å². The second-order valence-electron chi connectivity index (χ2n) is 4.73. The maximum atomic E-state index is 12.3. The number of carbonyl (C=O) groups excluding carboxylic acids is 1. The molecule has 1 amide bonds. The maximum absolute atomic E-state index is 12.3. The van der Waals surface area contributed by atoms with E-state index < -0.39 is 0 Å². The van der Waals surface area contributed by atoms with Gasteiger partial charge >= 0.3 is 0 Å². The Morgan fingerprint density at radius 1 is 1.61 bits per heavy atom. The third-order valence-corrected chi connectivity index (χ3v) is 4.71. The molecule has 1 aliphatic rings. The molecule has 0 N–H and O–H groups in total. The van der Waals surface area contributed by atoms with Crippen molar-refractivity contribution in [3.05, 3.63) is 11.8 Å². The second-order valence-corrected chi connectivity index (χ2v) is 5.90. The number of alkyl halides is 1. The van der Waals surface area contributed by atoms with E-state index in [2.05, 4.69) is 28.0 Å². The third kappa shape index (κ3) is 2.53. The Hall–Kier alpha value is -1.04. The molecule has 0 aromatic carbocycles. The van der Waals surface area contributed by atoms with Gasteiger partial charge in [-0.05, 0) is 12.3 Å². The molecule has 0 bridgehead atoms. The quantitative estimate of drug-likeness (QED) is 0.780. The van der Waals surface area contributed by atoms with Gasteiger partial charge in [0.05, 0.1) is 7.11 Å². The van der Waals surface area contributed by atoms with Crippen LogP contribution in [0.25, 0.3) is 0 Å². The van der Waals surface area contributed by atoms with Crippen molar-refractivity contribution in [2.75, 3.05) is 20.2 Å². The molecule has 5 nitrogen and oxygen atoms in total. The molecule has 2 heterocycles. The first-order valence-corrected chi connectivity index (χ1v) is 6.96. The number of piperidine rings is 1. The zero-order valence-electron chi connectivity index (χ0n) is 10.9. The lowest BCUT2D eigenvalue weighted by Crippen LogP contribution is -2.43. The minimum absolute atomic E-state index is 0.0137. The average Bonchev–Trinajstić information content (AvgIpc) is 2.73. The normalized spacial score (nSPS) is 24.1. The van der Waals surface area contributed by atoms with Gasteiger partial charge in [0, 0.05) is 31.0 Å². The van der Waals surface area contributed by atoms with Crippen molar-refractivity contribution >= 4 is 21.8 Å². The van der Waals surface area contributed by atoms with Gasteiger partial charge in [-0.15, -0.1) is 0 Å². The molecule has 2 unspecified atom stereocenters. The first-order chi connectivity index (χ1) is 8.52. The van der Waals surface area contributed by atoms with Gasteiger partial charge in [-0.2, -0.15) is 5.10 Å². The zero-order chi connectivity index (χ0) is 13.3. The smallest absolute Gasteiger partial charge is 0.274 e. The Bertz CT molecular complexity index is 447. The van der Waals surface area contributed by atoms with E-state index in [1.54, 1.807) is 24.9 Å². The molecule has 2 atom stereocenters. The summed E-state index contributed by atoms with van der Waals surface area (Å²) in [5, 5.41) is 4.19. The van der Waals surface area contributed by atoms with E-state index in [1.165, 1.54) is 0 Å². The van der Waals surface area contributed by atoms with E-state index >= 15 is 0 Å². The van der Waals surface area contributed by atoms with Gasteiger partial charge in [0.25, 0.3) is 5.91 Å². The van der Waals surface area contributed by atoms with Crippen LogP contribution in [0.1, 0.15) is 23.8 Å². The van der Waals surface area contributed by atoms with Crippen molar-refractivity contribution in [1.29, 1.82) is 0 Å². The van der Waals surface area contributed by atoms with Crippen molar-refractivity contribution < 1.29 is 9.53 Å².